The summed E-state index contributed by atoms with van der Waals surface area (Å²) in [6.45, 7) is 1.27. The Balaban J connectivity index is 1.36. The number of aliphatic hydroxyl groups excluding tert-OH is 1. The Morgan fingerprint density at radius 1 is 1.18 bits per heavy atom. The molecule has 1 aromatic rings. The number of carbonyl (C=O) groups is 1. The van der Waals surface area contributed by atoms with Crippen molar-refractivity contribution >= 4 is 27.5 Å². The Bertz CT molecular complexity index is 768. The number of nitrogens with zero attached hydrogens (tertiary/aromatic N) is 1. The monoisotopic (exact) mass is 451 g/mol. The number of carbonyl (C=O) groups excluding carboxylic acids is 1. The fraction of sp³-hybridized carbons (Fsp3) is 0.682. The van der Waals surface area contributed by atoms with E-state index in [1.165, 1.54) is 0 Å². The Kier molecular flexibility index (Phi) is 4.25. The molecule has 6 fully saturated rings. The maximum Gasteiger partial charge on any atom is 0.227 e. The van der Waals surface area contributed by atoms with E-state index >= 15 is 0 Å². The van der Waals surface area contributed by atoms with Crippen LogP contribution in [0.5, 0.6) is 0 Å². The van der Waals surface area contributed by atoms with Crippen molar-refractivity contribution < 1.29 is 19.0 Å². The van der Waals surface area contributed by atoms with E-state index in [0.717, 1.165) is 35.8 Å². The summed E-state index contributed by atoms with van der Waals surface area (Å²) in [6, 6.07) is 7.82. The second kappa shape index (κ2) is 6.26. The number of hydrogen-bond donors (Lipinski definition) is 1. The van der Waals surface area contributed by atoms with E-state index in [2.05, 4.69) is 15.9 Å². The lowest BCUT2D eigenvalue weighted by Crippen LogP contribution is -2.65. The molecule has 6 aliphatic rings. The standard InChI is InChI=1S/C22H27BrFNO3/c23-16-2-1-3-17(8-16)25(18(27)9-20-10-21(24,11-20)12-20)13-22-6-4-19(14-26,5-7-22)15-28-22/h1-3,8,26H,4-7,9-15H2. The molecule has 4 nitrogen and oxygen atoms in total. The molecule has 0 atom stereocenters. The molecule has 0 unspecified atom stereocenters. The zero-order chi connectivity index (χ0) is 19.6. The minimum absolute atomic E-state index is 0.0717. The van der Waals surface area contributed by atoms with Gasteiger partial charge in [0.15, 0.2) is 0 Å². The van der Waals surface area contributed by atoms with E-state index in [0.29, 0.717) is 38.8 Å². The first-order valence-electron chi connectivity index (χ1n) is 10.3. The van der Waals surface area contributed by atoms with Crippen LogP contribution in [0.25, 0.3) is 0 Å². The molecule has 2 saturated heterocycles. The Morgan fingerprint density at radius 3 is 2.43 bits per heavy atom. The van der Waals surface area contributed by atoms with Crippen LogP contribution in [0, 0.1) is 10.8 Å². The van der Waals surface area contributed by atoms with Crippen LogP contribution < -0.4 is 4.90 Å². The van der Waals surface area contributed by atoms with Crippen LogP contribution in [0.15, 0.2) is 28.7 Å². The van der Waals surface area contributed by atoms with Crippen molar-refractivity contribution in [2.24, 2.45) is 10.8 Å². The van der Waals surface area contributed by atoms with Gasteiger partial charge in [-0.15, -0.1) is 0 Å². The smallest absolute Gasteiger partial charge is 0.227 e. The predicted molar refractivity (Wildman–Crippen MR) is 108 cm³/mol. The van der Waals surface area contributed by atoms with Gasteiger partial charge in [-0.2, -0.15) is 0 Å². The number of hydrogen-bond acceptors (Lipinski definition) is 3. The van der Waals surface area contributed by atoms with Gasteiger partial charge in [-0.1, -0.05) is 22.0 Å². The summed E-state index contributed by atoms with van der Waals surface area (Å²) >= 11 is 3.51. The number of rotatable bonds is 6. The van der Waals surface area contributed by atoms with E-state index in [9.17, 15) is 14.3 Å². The van der Waals surface area contributed by atoms with Gasteiger partial charge in [-0.3, -0.25) is 4.79 Å². The lowest BCUT2D eigenvalue weighted by atomic mass is 9.41. The van der Waals surface area contributed by atoms with E-state index < -0.39 is 5.67 Å². The molecule has 2 heterocycles. The SMILES string of the molecule is O=C(CC12CC(F)(C1)C2)N(CC12CCC(CO)(CC1)CO2)c1cccc(Br)c1. The number of alkyl halides is 1. The van der Waals surface area contributed by atoms with Gasteiger partial charge in [0.05, 0.1) is 25.4 Å². The van der Waals surface area contributed by atoms with E-state index in [1.54, 1.807) is 0 Å². The fourth-order valence-corrected chi connectivity index (χ4v) is 6.35. The third-order valence-corrected chi connectivity index (χ3v) is 8.20. The molecule has 4 bridgehead atoms. The highest BCUT2D eigenvalue weighted by molar-refractivity contribution is 9.10. The van der Waals surface area contributed by atoms with Crippen LogP contribution in [0.1, 0.15) is 51.4 Å². The van der Waals surface area contributed by atoms with Crippen molar-refractivity contribution in [2.75, 3.05) is 24.7 Å². The molecule has 0 radical (unpaired) electrons. The van der Waals surface area contributed by atoms with Crippen LogP contribution in [-0.4, -0.2) is 42.0 Å². The van der Waals surface area contributed by atoms with E-state index in [4.69, 9.17) is 4.74 Å². The first-order valence-corrected chi connectivity index (χ1v) is 11.1. The molecule has 6 heteroatoms. The van der Waals surface area contributed by atoms with E-state index in [-0.39, 0.29) is 28.9 Å². The molecule has 0 spiro atoms. The van der Waals surface area contributed by atoms with Crippen LogP contribution >= 0.6 is 15.9 Å². The molecule has 0 aromatic heterocycles. The number of amides is 1. The molecule has 7 rings (SSSR count). The lowest BCUT2D eigenvalue weighted by Gasteiger charge is -2.66. The number of benzene rings is 1. The van der Waals surface area contributed by atoms with E-state index in [1.807, 2.05) is 29.2 Å². The molecular formula is C22H27BrFNO3. The first kappa shape index (κ1) is 19.0. The predicted octanol–water partition coefficient (Wildman–Crippen LogP) is 4.39. The van der Waals surface area contributed by atoms with Crippen LogP contribution in [0.3, 0.4) is 0 Å². The summed E-state index contributed by atoms with van der Waals surface area (Å²) < 4.78 is 21.1. The van der Waals surface area contributed by atoms with Crippen molar-refractivity contribution in [3.63, 3.8) is 0 Å². The van der Waals surface area contributed by atoms with Crippen molar-refractivity contribution in [1.29, 1.82) is 0 Å². The Morgan fingerprint density at radius 2 is 1.89 bits per heavy atom. The largest absolute Gasteiger partial charge is 0.396 e. The first-order chi connectivity index (χ1) is 13.3. The zero-order valence-electron chi connectivity index (χ0n) is 16.1. The highest BCUT2D eigenvalue weighted by Crippen LogP contribution is 2.71. The van der Waals surface area contributed by atoms with Gasteiger partial charge in [0.25, 0.3) is 0 Å². The molecule has 4 saturated carbocycles. The fourth-order valence-electron chi connectivity index (χ4n) is 5.96. The summed E-state index contributed by atoms with van der Waals surface area (Å²) in [5.74, 6) is 0.0717. The molecule has 4 aliphatic carbocycles. The number of ether oxygens (including phenoxy) is 1. The summed E-state index contributed by atoms with van der Waals surface area (Å²) in [4.78, 5) is 15.2. The van der Waals surface area contributed by atoms with Gasteiger partial charge >= 0.3 is 0 Å². The third kappa shape index (κ3) is 3.03. The van der Waals surface area contributed by atoms with Crippen molar-refractivity contribution in [3.8, 4) is 0 Å². The number of anilines is 1. The summed E-state index contributed by atoms with van der Waals surface area (Å²) in [5.41, 5.74) is -0.657. The average molecular weight is 452 g/mol. The topological polar surface area (TPSA) is 49.8 Å². The van der Waals surface area contributed by atoms with Gasteiger partial charge in [-0.25, -0.2) is 4.39 Å². The Hall–Kier alpha value is -0.980. The quantitative estimate of drug-likeness (QED) is 0.697. The van der Waals surface area contributed by atoms with Crippen LogP contribution in [-0.2, 0) is 9.53 Å². The summed E-state index contributed by atoms with van der Waals surface area (Å²) in [6.07, 6.45) is 5.66. The second-order valence-corrected chi connectivity index (χ2v) is 10.9. The molecule has 28 heavy (non-hydrogen) atoms. The minimum atomic E-state index is -0.983. The summed E-state index contributed by atoms with van der Waals surface area (Å²) in [7, 11) is 0. The molecule has 2 aliphatic heterocycles. The van der Waals surface area contributed by atoms with Crippen LogP contribution in [0.4, 0.5) is 10.1 Å². The second-order valence-electron chi connectivity index (χ2n) is 9.95. The van der Waals surface area contributed by atoms with Gasteiger partial charge < -0.3 is 14.7 Å². The number of aliphatic hydroxyl groups is 1. The maximum absolute atomic E-state index is 13.9. The van der Waals surface area contributed by atoms with Gasteiger partial charge in [0.2, 0.25) is 5.91 Å². The van der Waals surface area contributed by atoms with Gasteiger partial charge in [0, 0.05) is 22.0 Å². The molecule has 1 aromatic carbocycles. The molecule has 1 N–H and O–H groups in total. The zero-order valence-corrected chi connectivity index (χ0v) is 17.6. The number of fused-ring (bicyclic) bond motifs is 3. The minimum Gasteiger partial charge on any atom is -0.396 e. The highest BCUT2D eigenvalue weighted by Gasteiger charge is 2.69. The van der Waals surface area contributed by atoms with Gasteiger partial charge in [0.1, 0.15) is 5.67 Å². The van der Waals surface area contributed by atoms with Crippen molar-refractivity contribution in [3.05, 3.63) is 28.7 Å². The maximum atomic E-state index is 13.9. The normalized spacial score (nSPS) is 40.5. The molecule has 1 amide bonds. The van der Waals surface area contributed by atoms with Crippen molar-refractivity contribution in [1.82, 2.24) is 0 Å². The lowest BCUT2D eigenvalue weighted by molar-refractivity contribution is -0.216. The third-order valence-electron chi connectivity index (χ3n) is 7.71. The highest BCUT2D eigenvalue weighted by atomic mass is 79.9. The Labute approximate surface area is 173 Å². The molecule has 152 valence electrons. The average Bonchev–Trinajstić information content (AvgIpc) is 2.65. The molecular weight excluding hydrogens is 425 g/mol. The summed E-state index contributed by atoms with van der Waals surface area (Å²) in [5, 5.41) is 9.73. The van der Waals surface area contributed by atoms with Crippen molar-refractivity contribution in [2.45, 2.75) is 62.6 Å². The number of halogens is 2. The van der Waals surface area contributed by atoms with Gasteiger partial charge in [-0.05, 0) is 68.6 Å². The van der Waals surface area contributed by atoms with Crippen LogP contribution in [0.2, 0.25) is 0 Å².